The van der Waals surface area contributed by atoms with Gasteiger partial charge in [0.2, 0.25) is 5.91 Å². The second-order valence-corrected chi connectivity index (χ2v) is 8.02. The molecule has 2 heterocycles. The van der Waals surface area contributed by atoms with Gasteiger partial charge in [-0.1, -0.05) is 19.4 Å². The Labute approximate surface area is 184 Å². The Bertz CT molecular complexity index is 1180. The molecule has 8 nitrogen and oxygen atoms in total. The largest absolute Gasteiger partial charge is 0.493 e. The van der Waals surface area contributed by atoms with Gasteiger partial charge in [-0.25, -0.2) is 4.79 Å². The standard InChI is InChI=1S/C22H27N3O5S/c1-4-5-11-24-21(27)20-16(9-12-31-20)25(22(24)28)14-19(26)23-10-8-15-6-7-17(29-2)18(13-15)30-3/h6-7,9,12-13H,4-5,8,10-11,14H2,1-3H3,(H,23,26). The predicted octanol–water partition coefficient (Wildman–Crippen LogP) is 2.40. The van der Waals surface area contributed by atoms with Crippen molar-refractivity contribution in [1.29, 1.82) is 0 Å². The van der Waals surface area contributed by atoms with Gasteiger partial charge in [0, 0.05) is 13.1 Å². The summed E-state index contributed by atoms with van der Waals surface area (Å²) in [5, 5.41) is 4.62. The van der Waals surface area contributed by atoms with E-state index in [4.69, 9.17) is 9.47 Å². The number of aromatic nitrogens is 2. The Morgan fingerprint density at radius 1 is 1.10 bits per heavy atom. The Morgan fingerprint density at radius 3 is 2.58 bits per heavy atom. The maximum absolute atomic E-state index is 12.9. The van der Waals surface area contributed by atoms with Crippen LogP contribution in [0.3, 0.4) is 0 Å². The Hall–Kier alpha value is -3.07. The van der Waals surface area contributed by atoms with E-state index in [0.717, 1.165) is 18.4 Å². The molecule has 0 spiro atoms. The molecule has 0 bridgehead atoms. The third-order valence-corrected chi connectivity index (χ3v) is 5.95. The highest BCUT2D eigenvalue weighted by Gasteiger charge is 2.16. The highest BCUT2D eigenvalue weighted by Crippen LogP contribution is 2.27. The monoisotopic (exact) mass is 445 g/mol. The van der Waals surface area contributed by atoms with Gasteiger partial charge in [-0.05, 0) is 42.0 Å². The number of nitrogens with one attached hydrogen (secondary N) is 1. The molecule has 31 heavy (non-hydrogen) atoms. The zero-order valence-corrected chi connectivity index (χ0v) is 18.8. The summed E-state index contributed by atoms with van der Waals surface area (Å²) in [5.41, 5.74) is 0.763. The van der Waals surface area contributed by atoms with Crippen LogP contribution in [0.15, 0.2) is 39.2 Å². The maximum atomic E-state index is 12.9. The first-order chi connectivity index (χ1) is 15.0. The molecular weight excluding hydrogens is 418 g/mol. The second kappa shape index (κ2) is 10.3. The second-order valence-electron chi connectivity index (χ2n) is 7.10. The number of benzene rings is 1. The summed E-state index contributed by atoms with van der Waals surface area (Å²) in [5.74, 6) is 0.996. The quantitative estimate of drug-likeness (QED) is 0.517. The van der Waals surface area contributed by atoms with Crippen molar-refractivity contribution in [2.24, 2.45) is 0 Å². The summed E-state index contributed by atoms with van der Waals surface area (Å²) in [7, 11) is 3.15. The molecule has 0 aliphatic carbocycles. The predicted molar refractivity (Wildman–Crippen MR) is 122 cm³/mol. The van der Waals surface area contributed by atoms with Crippen molar-refractivity contribution in [1.82, 2.24) is 14.5 Å². The van der Waals surface area contributed by atoms with Gasteiger partial charge in [0.05, 0.1) is 19.7 Å². The fraction of sp³-hybridized carbons (Fsp3) is 0.409. The van der Waals surface area contributed by atoms with Gasteiger partial charge < -0.3 is 14.8 Å². The molecule has 0 radical (unpaired) electrons. The highest BCUT2D eigenvalue weighted by molar-refractivity contribution is 7.17. The van der Waals surface area contributed by atoms with Crippen molar-refractivity contribution < 1.29 is 14.3 Å². The Morgan fingerprint density at radius 2 is 1.87 bits per heavy atom. The summed E-state index contributed by atoms with van der Waals surface area (Å²) in [6, 6.07) is 7.32. The SMILES string of the molecule is CCCCn1c(=O)c2sccc2n(CC(=O)NCCc2ccc(OC)c(OC)c2)c1=O. The van der Waals surface area contributed by atoms with Crippen LogP contribution < -0.4 is 26.0 Å². The number of rotatable bonds is 10. The lowest BCUT2D eigenvalue weighted by Crippen LogP contribution is -2.42. The molecule has 3 rings (SSSR count). The normalized spacial score (nSPS) is 10.9. The van der Waals surface area contributed by atoms with E-state index >= 15 is 0 Å². The molecular formula is C22H27N3O5S. The third-order valence-electron chi connectivity index (χ3n) is 5.06. The molecule has 2 aromatic heterocycles. The van der Waals surface area contributed by atoms with Gasteiger partial charge in [-0.2, -0.15) is 0 Å². The average Bonchev–Trinajstić information content (AvgIpc) is 3.26. The van der Waals surface area contributed by atoms with Crippen molar-refractivity contribution in [2.45, 2.75) is 39.3 Å². The minimum absolute atomic E-state index is 0.135. The van der Waals surface area contributed by atoms with Crippen molar-refractivity contribution in [3.05, 3.63) is 56.0 Å². The van der Waals surface area contributed by atoms with E-state index in [1.54, 1.807) is 25.7 Å². The van der Waals surface area contributed by atoms with Crippen LogP contribution in [0.4, 0.5) is 0 Å². The molecule has 1 N–H and O–H groups in total. The molecule has 0 saturated heterocycles. The van der Waals surface area contributed by atoms with E-state index < -0.39 is 5.69 Å². The van der Waals surface area contributed by atoms with Gasteiger partial charge in [0.15, 0.2) is 11.5 Å². The molecule has 0 saturated carbocycles. The molecule has 0 fully saturated rings. The highest BCUT2D eigenvalue weighted by atomic mass is 32.1. The van der Waals surface area contributed by atoms with Gasteiger partial charge in [0.25, 0.3) is 5.56 Å². The van der Waals surface area contributed by atoms with Crippen LogP contribution in [0.5, 0.6) is 11.5 Å². The first-order valence-electron chi connectivity index (χ1n) is 10.2. The van der Waals surface area contributed by atoms with Crippen molar-refractivity contribution in [3.63, 3.8) is 0 Å². The number of hydrogen-bond acceptors (Lipinski definition) is 6. The smallest absolute Gasteiger partial charge is 0.332 e. The number of thiophene rings is 1. The van der Waals surface area contributed by atoms with Crippen molar-refractivity contribution in [3.8, 4) is 11.5 Å². The summed E-state index contributed by atoms with van der Waals surface area (Å²) < 4.78 is 13.6. The molecule has 166 valence electrons. The maximum Gasteiger partial charge on any atom is 0.332 e. The van der Waals surface area contributed by atoms with E-state index in [-0.39, 0.29) is 18.0 Å². The van der Waals surface area contributed by atoms with Crippen molar-refractivity contribution in [2.75, 3.05) is 20.8 Å². The number of carbonyl (C=O) groups is 1. The van der Waals surface area contributed by atoms with Crippen LogP contribution in [0.25, 0.3) is 10.2 Å². The number of ether oxygens (including phenoxy) is 2. The van der Waals surface area contributed by atoms with E-state index in [2.05, 4.69) is 5.32 Å². The van der Waals surface area contributed by atoms with Crippen LogP contribution in [0.1, 0.15) is 25.3 Å². The number of hydrogen-bond donors (Lipinski definition) is 1. The number of fused-ring (bicyclic) bond motifs is 1. The Kier molecular flexibility index (Phi) is 7.51. The lowest BCUT2D eigenvalue weighted by molar-refractivity contribution is -0.121. The van der Waals surface area contributed by atoms with Crippen LogP contribution >= 0.6 is 11.3 Å². The fourth-order valence-electron chi connectivity index (χ4n) is 3.38. The zero-order valence-electron chi connectivity index (χ0n) is 18.0. The van der Waals surface area contributed by atoms with Crippen molar-refractivity contribution >= 4 is 27.5 Å². The molecule has 3 aromatic rings. The van der Waals surface area contributed by atoms with E-state index in [0.29, 0.717) is 41.2 Å². The lowest BCUT2D eigenvalue weighted by Gasteiger charge is -2.13. The Balaban J connectivity index is 1.71. The number of methoxy groups -OCH3 is 2. The fourth-order valence-corrected chi connectivity index (χ4v) is 4.22. The molecule has 0 atom stereocenters. The molecule has 0 aliphatic heterocycles. The topological polar surface area (TPSA) is 91.6 Å². The van der Waals surface area contributed by atoms with E-state index in [1.807, 2.05) is 25.1 Å². The average molecular weight is 446 g/mol. The van der Waals surface area contributed by atoms with Gasteiger partial charge in [-0.3, -0.25) is 18.7 Å². The van der Waals surface area contributed by atoms with E-state index in [1.165, 1.54) is 20.5 Å². The van der Waals surface area contributed by atoms with Crippen LogP contribution in [-0.2, 0) is 24.3 Å². The molecule has 0 aliphatic rings. The number of carbonyl (C=O) groups excluding carboxylic acids is 1. The van der Waals surface area contributed by atoms with E-state index in [9.17, 15) is 14.4 Å². The first-order valence-corrected chi connectivity index (χ1v) is 11.1. The van der Waals surface area contributed by atoms with Crippen LogP contribution in [0.2, 0.25) is 0 Å². The molecule has 0 unspecified atom stereocenters. The molecule has 1 amide bonds. The van der Waals surface area contributed by atoms with Gasteiger partial charge in [-0.15, -0.1) is 11.3 Å². The number of amides is 1. The van der Waals surface area contributed by atoms with Crippen LogP contribution in [0, 0.1) is 0 Å². The summed E-state index contributed by atoms with van der Waals surface area (Å²) in [6.07, 6.45) is 2.19. The summed E-state index contributed by atoms with van der Waals surface area (Å²) in [4.78, 5) is 38.1. The minimum atomic E-state index is -0.445. The number of unbranched alkanes of at least 4 members (excludes halogenated alkanes) is 1. The summed E-state index contributed by atoms with van der Waals surface area (Å²) in [6.45, 7) is 2.62. The lowest BCUT2D eigenvalue weighted by atomic mass is 10.1. The first kappa shape index (κ1) is 22.6. The number of nitrogens with zero attached hydrogens (tertiary/aromatic N) is 2. The molecule has 9 heteroatoms. The van der Waals surface area contributed by atoms with Crippen LogP contribution in [-0.4, -0.2) is 35.8 Å². The zero-order chi connectivity index (χ0) is 22.4. The van der Waals surface area contributed by atoms with Gasteiger partial charge in [0.1, 0.15) is 11.2 Å². The minimum Gasteiger partial charge on any atom is -0.493 e. The molecule has 1 aromatic carbocycles. The van der Waals surface area contributed by atoms with Gasteiger partial charge >= 0.3 is 5.69 Å². The third kappa shape index (κ3) is 4.99. The summed E-state index contributed by atoms with van der Waals surface area (Å²) >= 11 is 1.29.